The standard InChI is InChI=1S/C18H24FN/c1-12-2-3-14(17(19)4-12)10-20-11-18-7-13-5-15(8-18)16(6-13)9-18/h2-4,13,15-16,20H,5-11H2,1H3. The highest BCUT2D eigenvalue weighted by Gasteiger charge is 2.55. The van der Waals surface area contributed by atoms with Crippen molar-refractivity contribution >= 4 is 0 Å². The monoisotopic (exact) mass is 273 g/mol. The average Bonchev–Trinajstić information content (AvgIpc) is 2.80. The van der Waals surface area contributed by atoms with E-state index in [2.05, 4.69) is 5.32 Å². The van der Waals surface area contributed by atoms with Gasteiger partial charge in [-0.1, -0.05) is 12.1 Å². The Kier molecular flexibility index (Phi) is 2.92. The minimum absolute atomic E-state index is 0.0641. The molecule has 2 atom stereocenters. The molecule has 1 nitrogen and oxygen atoms in total. The largest absolute Gasteiger partial charge is 0.312 e. The van der Waals surface area contributed by atoms with Crippen LogP contribution in [0.25, 0.3) is 0 Å². The van der Waals surface area contributed by atoms with Crippen molar-refractivity contribution in [1.29, 1.82) is 0 Å². The normalized spacial score (nSPS) is 37.8. The minimum Gasteiger partial charge on any atom is -0.312 e. The van der Waals surface area contributed by atoms with E-state index in [-0.39, 0.29) is 5.82 Å². The Morgan fingerprint density at radius 3 is 2.60 bits per heavy atom. The van der Waals surface area contributed by atoms with Crippen LogP contribution in [0.1, 0.15) is 43.2 Å². The molecule has 5 rings (SSSR count). The second kappa shape index (κ2) is 4.56. The molecule has 4 fully saturated rings. The number of nitrogens with one attached hydrogen (secondary N) is 1. The first-order chi connectivity index (χ1) is 9.63. The molecule has 2 heteroatoms. The summed E-state index contributed by atoms with van der Waals surface area (Å²) in [6.07, 6.45) is 7.27. The van der Waals surface area contributed by atoms with E-state index in [0.717, 1.165) is 35.4 Å². The van der Waals surface area contributed by atoms with Crippen molar-refractivity contribution < 1.29 is 4.39 Å². The Labute approximate surface area is 121 Å². The van der Waals surface area contributed by atoms with E-state index in [1.54, 1.807) is 6.07 Å². The van der Waals surface area contributed by atoms with Crippen LogP contribution in [-0.4, -0.2) is 6.54 Å². The van der Waals surface area contributed by atoms with Gasteiger partial charge in [0.05, 0.1) is 0 Å². The summed E-state index contributed by atoms with van der Waals surface area (Å²) in [5, 5.41) is 3.55. The fourth-order valence-electron chi connectivity index (χ4n) is 5.45. The van der Waals surface area contributed by atoms with Gasteiger partial charge in [0.15, 0.2) is 0 Å². The number of benzene rings is 1. The Bertz CT molecular complexity index is 505. The first-order valence-electron chi connectivity index (χ1n) is 8.09. The fourth-order valence-corrected chi connectivity index (χ4v) is 5.45. The first kappa shape index (κ1) is 12.8. The van der Waals surface area contributed by atoms with Gasteiger partial charge in [-0.2, -0.15) is 0 Å². The van der Waals surface area contributed by atoms with Gasteiger partial charge in [0, 0.05) is 18.7 Å². The molecule has 0 aliphatic heterocycles. The smallest absolute Gasteiger partial charge is 0.127 e. The lowest BCUT2D eigenvalue weighted by atomic mass is 9.69. The second-order valence-electron chi connectivity index (χ2n) is 7.67. The van der Waals surface area contributed by atoms with Crippen LogP contribution in [0.5, 0.6) is 0 Å². The van der Waals surface area contributed by atoms with Gasteiger partial charge >= 0.3 is 0 Å². The van der Waals surface area contributed by atoms with Crippen LogP contribution in [0.2, 0.25) is 0 Å². The number of aryl methyl sites for hydroxylation is 1. The van der Waals surface area contributed by atoms with Gasteiger partial charge in [0.1, 0.15) is 5.82 Å². The summed E-state index contributed by atoms with van der Waals surface area (Å²) >= 11 is 0. The summed E-state index contributed by atoms with van der Waals surface area (Å²) in [6.45, 7) is 3.70. The van der Waals surface area contributed by atoms with Gasteiger partial charge in [-0.25, -0.2) is 4.39 Å². The van der Waals surface area contributed by atoms with Crippen LogP contribution in [0.15, 0.2) is 18.2 Å². The molecular formula is C18H24FN. The molecule has 0 radical (unpaired) electrons. The quantitative estimate of drug-likeness (QED) is 0.872. The van der Waals surface area contributed by atoms with E-state index in [4.69, 9.17) is 0 Å². The highest BCUT2D eigenvalue weighted by Crippen LogP contribution is 2.63. The van der Waals surface area contributed by atoms with E-state index >= 15 is 0 Å². The predicted octanol–water partition coefficient (Wildman–Crippen LogP) is 4.05. The summed E-state index contributed by atoms with van der Waals surface area (Å²) in [4.78, 5) is 0. The molecule has 0 aromatic heterocycles. The third-order valence-electron chi connectivity index (χ3n) is 6.07. The molecule has 0 spiro atoms. The van der Waals surface area contributed by atoms with E-state index in [1.807, 2.05) is 19.1 Å². The van der Waals surface area contributed by atoms with Crippen LogP contribution in [-0.2, 0) is 6.54 Å². The van der Waals surface area contributed by atoms with Gasteiger partial charge in [0.25, 0.3) is 0 Å². The Morgan fingerprint density at radius 1 is 1.20 bits per heavy atom. The van der Waals surface area contributed by atoms with Crippen LogP contribution < -0.4 is 5.32 Å². The van der Waals surface area contributed by atoms with Crippen molar-refractivity contribution in [3.05, 3.63) is 35.1 Å². The Hall–Kier alpha value is -0.890. The number of hydrogen-bond donors (Lipinski definition) is 1. The van der Waals surface area contributed by atoms with Crippen molar-refractivity contribution in [2.24, 2.45) is 23.2 Å². The highest BCUT2D eigenvalue weighted by atomic mass is 19.1. The highest BCUT2D eigenvalue weighted by molar-refractivity contribution is 5.23. The summed E-state index contributed by atoms with van der Waals surface area (Å²) in [6, 6.07) is 5.56. The number of rotatable bonds is 4. The zero-order valence-corrected chi connectivity index (χ0v) is 12.3. The lowest BCUT2D eigenvalue weighted by Crippen LogP contribution is -2.37. The molecule has 1 aromatic rings. The molecule has 0 amide bonds. The van der Waals surface area contributed by atoms with Crippen LogP contribution >= 0.6 is 0 Å². The third kappa shape index (κ3) is 2.09. The van der Waals surface area contributed by atoms with Gasteiger partial charge < -0.3 is 5.32 Å². The molecule has 0 saturated heterocycles. The molecule has 0 heterocycles. The maximum absolute atomic E-state index is 13.8. The summed E-state index contributed by atoms with van der Waals surface area (Å²) in [7, 11) is 0. The van der Waals surface area contributed by atoms with E-state index < -0.39 is 0 Å². The summed E-state index contributed by atoms with van der Waals surface area (Å²) in [5.41, 5.74) is 2.36. The average molecular weight is 273 g/mol. The van der Waals surface area contributed by atoms with Crippen LogP contribution in [0, 0.1) is 35.9 Å². The van der Waals surface area contributed by atoms with E-state index in [1.165, 1.54) is 32.1 Å². The van der Waals surface area contributed by atoms with E-state index in [0.29, 0.717) is 12.0 Å². The molecule has 4 aliphatic carbocycles. The van der Waals surface area contributed by atoms with Crippen LogP contribution in [0.3, 0.4) is 0 Å². The lowest BCUT2D eigenvalue weighted by Gasteiger charge is -2.38. The van der Waals surface area contributed by atoms with E-state index in [9.17, 15) is 4.39 Å². The zero-order valence-electron chi connectivity index (χ0n) is 12.3. The van der Waals surface area contributed by atoms with Gasteiger partial charge in [-0.3, -0.25) is 0 Å². The van der Waals surface area contributed by atoms with Crippen molar-refractivity contribution in [2.45, 2.75) is 45.6 Å². The predicted molar refractivity (Wildman–Crippen MR) is 78.8 cm³/mol. The summed E-state index contributed by atoms with van der Waals surface area (Å²) < 4.78 is 13.8. The Balaban J connectivity index is 1.37. The first-order valence-corrected chi connectivity index (χ1v) is 8.09. The molecule has 4 saturated carbocycles. The molecule has 2 unspecified atom stereocenters. The SMILES string of the molecule is Cc1ccc(CNCC23CC4CC(C2)C(C4)C3)c(F)c1. The van der Waals surface area contributed by atoms with Crippen molar-refractivity contribution in [3.63, 3.8) is 0 Å². The second-order valence-corrected chi connectivity index (χ2v) is 7.67. The lowest BCUT2D eigenvalue weighted by molar-refractivity contribution is 0.141. The fraction of sp³-hybridized carbons (Fsp3) is 0.667. The molecule has 1 N–H and O–H groups in total. The Morgan fingerprint density at radius 2 is 1.95 bits per heavy atom. The van der Waals surface area contributed by atoms with Gasteiger partial charge in [-0.05, 0) is 73.8 Å². The molecule has 1 aromatic carbocycles. The topological polar surface area (TPSA) is 12.0 Å². The molecule has 108 valence electrons. The minimum atomic E-state index is -0.0641. The number of hydrogen-bond acceptors (Lipinski definition) is 1. The van der Waals surface area contributed by atoms with Crippen molar-refractivity contribution in [2.75, 3.05) is 6.54 Å². The van der Waals surface area contributed by atoms with Crippen LogP contribution in [0.4, 0.5) is 4.39 Å². The maximum Gasteiger partial charge on any atom is 0.127 e. The van der Waals surface area contributed by atoms with Gasteiger partial charge in [-0.15, -0.1) is 0 Å². The number of halogens is 1. The van der Waals surface area contributed by atoms with Crippen molar-refractivity contribution in [1.82, 2.24) is 5.32 Å². The summed E-state index contributed by atoms with van der Waals surface area (Å²) in [5.74, 6) is 2.98. The third-order valence-corrected chi connectivity index (χ3v) is 6.07. The zero-order chi connectivity index (χ0) is 13.7. The molecule has 4 aliphatic rings. The molecule has 20 heavy (non-hydrogen) atoms. The van der Waals surface area contributed by atoms with Gasteiger partial charge in [0.2, 0.25) is 0 Å². The van der Waals surface area contributed by atoms with Crippen molar-refractivity contribution in [3.8, 4) is 0 Å². The molecular weight excluding hydrogens is 249 g/mol. The maximum atomic E-state index is 13.8. The molecule has 4 bridgehead atoms.